The SMILES string of the molecule is O=C1CCCC(C=CC(O)Cc2ccccc2)N1CCCCCCc1nn[nH]n1. The topological polar surface area (TPSA) is 95.0 Å². The van der Waals surface area contributed by atoms with E-state index in [1.807, 2.05) is 47.4 Å². The number of nitrogens with one attached hydrogen (secondary N) is 1. The molecule has 0 bridgehead atoms. The smallest absolute Gasteiger partial charge is 0.223 e. The molecule has 2 aromatic rings. The van der Waals surface area contributed by atoms with Crippen molar-refractivity contribution in [1.82, 2.24) is 25.5 Å². The summed E-state index contributed by atoms with van der Waals surface area (Å²) in [5.74, 6) is 0.991. The average molecular weight is 398 g/mol. The van der Waals surface area contributed by atoms with Crippen molar-refractivity contribution in [2.45, 2.75) is 69.9 Å². The quantitative estimate of drug-likeness (QED) is 0.449. The first-order chi connectivity index (χ1) is 14.2. The summed E-state index contributed by atoms with van der Waals surface area (Å²) in [6.07, 6.45) is 11.5. The van der Waals surface area contributed by atoms with Crippen molar-refractivity contribution >= 4 is 5.91 Å². The molecule has 2 heterocycles. The van der Waals surface area contributed by atoms with E-state index in [1.165, 1.54) is 0 Å². The minimum Gasteiger partial charge on any atom is -0.389 e. The number of likely N-dealkylation sites (tertiary alicyclic amines) is 1. The maximum absolute atomic E-state index is 12.4. The maximum Gasteiger partial charge on any atom is 0.223 e. The van der Waals surface area contributed by atoms with Gasteiger partial charge >= 0.3 is 0 Å². The van der Waals surface area contributed by atoms with Crippen LogP contribution in [0.4, 0.5) is 0 Å². The molecule has 2 N–H and O–H groups in total. The molecule has 0 saturated carbocycles. The number of hydrogen-bond acceptors (Lipinski definition) is 5. The Bertz CT molecular complexity index is 748. The lowest BCUT2D eigenvalue weighted by Crippen LogP contribution is -2.43. The Kier molecular flexibility index (Phi) is 8.37. The van der Waals surface area contributed by atoms with Gasteiger partial charge in [-0.1, -0.05) is 60.5 Å². The van der Waals surface area contributed by atoms with E-state index < -0.39 is 6.10 Å². The Morgan fingerprint density at radius 2 is 2.03 bits per heavy atom. The molecule has 1 aromatic heterocycles. The van der Waals surface area contributed by atoms with Crippen molar-refractivity contribution in [2.24, 2.45) is 0 Å². The number of aliphatic hydroxyl groups is 1. The number of aromatic nitrogens is 4. The fourth-order valence-corrected chi connectivity index (χ4v) is 3.82. The zero-order chi connectivity index (χ0) is 20.3. The van der Waals surface area contributed by atoms with E-state index in [-0.39, 0.29) is 11.9 Å². The number of carbonyl (C=O) groups excluding carboxylic acids is 1. The van der Waals surface area contributed by atoms with Crippen molar-refractivity contribution in [3.8, 4) is 0 Å². The number of rotatable bonds is 11. The van der Waals surface area contributed by atoms with E-state index in [4.69, 9.17) is 0 Å². The Morgan fingerprint density at radius 1 is 1.21 bits per heavy atom. The minimum absolute atomic E-state index is 0.0982. The van der Waals surface area contributed by atoms with Crippen LogP contribution in [-0.4, -0.2) is 55.2 Å². The zero-order valence-electron chi connectivity index (χ0n) is 16.9. The normalized spacial score (nSPS) is 18.4. The van der Waals surface area contributed by atoms with Crippen LogP contribution in [-0.2, 0) is 17.6 Å². The lowest BCUT2D eigenvalue weighted by Gasteiger charge is -2.34. The second-order valence-electron chi connectivity index (χ2n) is 7.68. The van der Waals surface area contributed by atoms with Crippen LogP contribution >= 0.6 is 0 Å². The lowest BCUT2D eigenvalue weighted by molar-refractivity contribution is -0.135. The van der Waals surface area contributed by atoms with Crippen LogP contribution < -0.4 is 0 Å². The third kappa shape index (κ3) is 7.09. The van der Waals surface area contributed by atoms with E-state index in [9.17, 15) is 9.90 Å². The van der Waals surface area contributed by atoms with Crippen LogP contribution in [0.3, 0.4) is 0 Å². The molecule has 1 aliphatic heterocycles. The molecular weight excluding hydrogens is 366 g/mol. The Hall–Kier alpha value is -2.54. The van der Waals surface area contributed by atoms with Crippen molar-refractivity contribution in [3.05, 3.63) is 53.9 Å². The summed E-state index contributed by atoms with van der Waals surface area (Å²) in [5.41, 5.74) is 1.11. The van der Waals surface area contributed by atoms with Gasteiger partial charge in [-0.25, -0.2) is 0 Å². The molecule has 0 radical (unpaired) electrons. The van der Waals surface area contributed by atoms with Gasteiger partial charge in [-0.15, -0.1) is 10.2 Å². The van der Waals surface area contributed by atoms with Gasteiger partial charge in [0.15, 0.2) is 5.82 Å². The highest BCUT2D eigenvalue weighted by Gasteiger charge is 2.25. The van der Waals surface area contributed by atoms with Crippen LogP contribution in [0, 0.1) is 0 Å². The number of aliphatic hydroxyl groups excluding tert-OH is 1. The summed E-state index contributed by atoms with van der Waals surface area (Å²) in [7, 11) is 0. The number of piperidine rings is 1. The maximum atomic E-state index is 12.4. The molecule has 1 saturated heterocycles. The monoisotopic (exact) mass is 397 g/mol. The van der Waals surface area contributed by atoms with Crippen molar-refractivity contribution in [3.63, 3.8) is 0 Å². The highest BCUT2D eigenvalue weighted by molar-refractivity contribution is 5.77. The molecule has 1 fully saturated rings. The highest BCUT2D eigenvalue weighted by Crippen LogP contribution is 2.21. The van der Waals surface area contributed by atoms with E-state index in [1.54, 1.807) is 0 Å². The fraction of sp³-hybridized carbons (Fsp3) is 0.545. The zero-order valence-corrected chi connectivity index (χ0v) is 16.9. The van der Waals surface area contributed by atoms with Gasteiger partial charge in [0.1, 0.15) is 0 Å². The van der Waals surface area contributed by atoms with Crippen LogP contribution in [0.5, 0.6) is 0 Å². The molecule has 0 aliphatic carbocycles. The average Bonchev–Trinajstić information content (AvgIpc) is 3.24. The van der Waals surface area contributed by atoms with Crippen molar-refractivity contribution < 1.29 is 9.90 Å². The van der Waals surface area contributed by atoms with Crippen LogP contribution in [0.1, 0.15) is 56.3 Å². The second kappa shape index (κ2) is 11.5. The van der Waals surface area contributed by atoms with Crippen molar-refractivity contribution in [1.29, 1.82) is 0 Å². The predicted octanol–water partition coefficient (Wildman–Crippen LogP) is 2.84. The Morgan fingerprint density at radius 3 is 2.83 bits per heavy atom. The first-order valence-corrected chi connectivity index (χ1v) is 10.6. The van der Waals surface area contributed by atoms with E-state index in [2.05, 4.69) is 20.6 Å². The molecule has 156 valence electrons. The summed E-state index contributed by atoms with van der Waals surface area (Å²) in [6.45, 7) is 0.783. The minimum atomic E-state index is -0.526. The number of hydrogen-bond donors (Lipinski definition) is 2. The molecule has 7 heteroatoms. The molecule has 7 nitrogen and oxygen atoms in total. The van der Waals surface area contributed by atoms with Gasteiger partial charge in [0.2, 0.25) is 5.91 Å². The summed E-state index contributed by atoms with van der Waals surface area (Å²) in [5, 5.41) is 24.3. The third-order valence-electron chi connectivity index (χ3n) is 5.39. The number of tetrazole rings is 1. The molecule has 1 aliphatic rings. The number of aromatic amines is 1. The molecule has 2 atom stereocenters. The molecule has 0 spiro atoms. The summed E-state index contributed by atoms with van der Waals surface area (Å²) in [4.78, 5) is 14.4. The Balaban J connectivity index is 1.41. The summed E-state index contributed by atoms with van der Waals surface area (Å²) in [6, 6.07) is 10.1. The van der Waals surface area contributed by atoms with Gasteiger partial charge in [0.05, 0.1) is 12.1 Å². The highest BCUT2D eigenvalue weighted by atomic mass is 16.3. The van der Waals surface area contributed by atoms with Gasteiger partial charge in [-0.2, -0.15) is 5.21 Å². The largest absolute Gasteiger partial charge is 0.389 e. The molecule has 29 heavy (non-hydrogen) atoms. The molecule has 1 aromatic carbocycles. The molecular formula is C22H31N5O2. The lowest BCUT2D eigenvalue weighted by atomic mass is 9.99. The number of carbonyl (C=O) groups is 1. The van der Waals surface area contributed by atoms with Gasteiger partial charge in [0.25, 0.3) is 0 Å². The van der Waals surface area contributed by atoms with E-state index in [0.717, 1.165) is 62.9 Å². The number of aryl methyl sites for hydroxylation is 1. The number of H-pyrrole nitrogens is 1. The van der Waals surface area contributed by atoms with E-state index in [0.29, 0.717) is 12.8 Å². The number of amides is 1. The fourth-order valence-electron chi connectivity index (χ4n) is 3.82. The van der Waals surface area contributed by atoms with Crippen LogP contribution in [0.25, 0.3) is 0 Å². The summed E-state index contributed by atoms with van der Waals surface area (Å²) < 4.78 is 0. The molecule has 1 amide bonds. The third-order valence-corrected chi connectivity index (χ3v) is 5.39. The number of unbranched alkanes of at least 4 members (excludes halogenated alkanes) is 3. The van der Waals surface area contributed by atoms with Crippen molar-refractivity contribution in [2.75, 3.05) is 6.54 Å². The Labute approximate surface area is 172 Å². The number of benzene rings is 1. The predicted molar refractivity (Wildman–Crippen MR) is 111 cm³/mol. The van der Waals surface area contributed by atoms with Gasteiger partial charge in [-0.05, 0) is 31.2 Å². The molecule has 2 unspecified atom stereocenters. The second-order valence-corrected chi connectivity index (χ2v) is 7.68. The van der Waals surface area contributed by atoms with Crippen LogP contribution in [0.15, 0.2) is 42.5 Å². The molecule has 3 rings (SSSR count). The van der Waals surface area contributed by atoms with E-state index >= 15 is 0 Å². The number of nitrogens with zero attached hydrogens (tertiary/aromatic N) is 4. The van der Waals surface area contributed by atoms with Gasteiger partial charge < -0.3 is 10.0 Å². The standard InChI is InChI=1S/C22H31N5O2/c28-20(17-18-9-4-3-5-10-18)15-14-19-11-8-13-22(29)27(19)16-7-2-1-6-12-21-23-25-26-24-21/h3-5,9-10,14-15,19-20,28H,1-2,6-8,11-13,16-17H2,(H,23,24,25,26). The van der Waals surface area contributed by atoms with Gasteiger partial charge in [-0.3, -0.25) is 4.79 Å². The van der Waals surface area contributed by atoms with Crippen LogP contribution in [0.2, 0.25) is 0 Å². The first kappa shape index (κ1) is 21.2. The summed E-state index contributed by atoms with van der Waals surface area (Å²) >= 11 is 0. The van der Waals surface area contributed by atoms with Gasteiger partial charge in [0, 0.05) is 25.8 Å². The first-order valence-electron chi connectivity index (χ1n) is 10.6.